The maximum absolute atomic E-state index is 11.2. The predicted octanol–water partition coefficient (Wildman–Crippen LogP) is 4.65. The zero-order chi connectivity index (χ0) is 14.2. The molecule has 0 heterocycles. The second-order valence-corrected chi connectivity index (χ2v) is 7.15. The summed E-state index contributed by atoms with van der Waals surface area (Å²) in [6, 6.07) is 0. The molecule has 0 aliphatic heterocycles. The highest BCUT2D eigenvalue weighted by Crippen LogP contribution is 2.55. The fourth-order valence-corrected chi connectivity index (χ4v) is 4.62. The van der Waals surface area contributed by atoms with Gasteiger partial charge in [0.2, 0.25) is 0 Å². The first-order chi connectivity index (χ1) is 8.87. The Morgan fingerprint density at radius 2 is 2.00 bits per heavy atom. The van der Waals surface area contributed by atoms with E-state index in [1.54, 1.807) is 6.92 Å². The standard InChI is InChI=1S/C17H28O2/c1-5-14-9-8-12-6-7-13(11(2)16(18)19)10-15(12)17(14,3)4/h12,14-15H,5-10H2,1-4H3,(H,18,19). The third-order valence-electron chi connectivity index (χ3n) is 6.09. The maximum atomic E-state index is 11.2. The van der Waals surface area contributed by atoms with Gasteiger partial charge in [0.05, 0.1) is 0 Å². The van der Waals surface area contributed by atoms with Gasteiger partial charge in [0.1, 0.15) is 0 Å². The van der Waals surface area contributed by atoms with E-state index in [0.717, 1.165) is 24.7 Å². The lowest BCUT2D eigenvalue weighted by molar-refractivity contribution is -0.132. The topological polar surface area (TPSA) is 37.3 Å². The highest BCUT2D eigenvalue weighted by molar-refractivity contribution is 5.86. The van der Waals surface area contributed by atoms with Gasteiger partial charge in [-0.15, -0.1) is 0 Å². The molecule has 2 aliphatic carbocycles. The minimum absolute atomic E-state index is 0.363. The van der Waals surface area contributed by atoms with E-state index in [0.29, 0.717) is 16.9 Å². The number of rotatable bonds is 2. The van der Waals surface area contributed by atoms with Crippen LogP contribution < -0.4 is 0 Å². The lowest BCUT2D eigenvalue weighted by Gasteiger charge is -2.52. The van der Waals surface area contributed by atoms with Gasteiger partial charge < -0.3 is 5.11 Å². The number of carbonyl (C=O) groups is 1. The minimum atomic E-state index is -0.728. The molecular formula is C17H28O2. The van der Waals surface area contributed by atoms with Gasteiger partial charge >= 0.3 is 5.97 Å². The van der Waals surface area contributed by atoms with Crippen molar-refractivity contribution < 1.29 is 9.90 Å². The summed E-state index contributed by atoms with van der Waals surface area (Å²) in [6.07, 6.45) is 7.20. The highest BCUT2D eigenvalue weighted by Gasteiger charge is 2.46. The predicted molar refractivity (Wildman–Crippen MR) is 78.0 cm³/mol. The summed E-state index contributed by atoms with van der Waals surface area (Å²) in [6.45, 7) is 8.91. The average molecular weight is 264 g/mol. The van der Waals surface area contributed by atoms with Crippen LogP contribution in [-0.4, -0.2) is 11.1 Å². The van der Waals surface area contributed by atoms with Crippen LogP contribution in [0.2, 0.25) is 0 Å². The van der Waals surface area contributed by atoms with Crippen molar-refractivity contribution in [2.24, 2.45) is 23.2 Å². The summed E-state index contributed by atoms with van der Waals surface area (Å²) < 4.78 is 0. The average Bonchev–Trinajstić information content (AvgIpc) is 2.37. The Labute approximate surface area is 117 Å². The molecular weight excluding hydrogens is 236 g/mol. The van der Waals surface area contributed by atoms with Crippen LogP contribution in [-0.2, 0) is 4.79 Å². The van der Waals surface area contributed by atoms with Gasteiger partial charge in [0.25, 0.3) is 0 Å². The zero-order valence-corrected chi connectivity index (χ0v) is 12.8. The van der Waals surface area contributed by atoms with E-state index in [1.165, 1.54) is 31.3 Å². The second kappa shape index (κ2) is 5.30. The van der Waals surface area contributed by atoms with Gasteiger partial charge in [-0.25, -0.2) is 4.79 Å². The van der Waals surface area contributed by atoms with E-state index >= 15 is 0 Å². The summed E-state index contributed by atoms with van der Waals surface area (Å²) >= 11 is 0. The molecule has 108 valence electrons. The van der Waals surface area contributed by atoms with Crippen LogP contribution in [0.15, 0.2) is 11.1 Å². The molecule has 19 heavy (non-hydrogen) atoms. The Kier molecular flexibility index (Phi) is 4.08. The molecule has 2 fully saturated rings. The lowest BCUT2D eigenvalue weighted by atomic mass is 9.53. The molecule has 2 aliphatic rings. The molecule has 0 bridgehead atoms. The Morgan fingerprint density at radius 3 is 2.58 bits per heavy atom. The summed E-state index contributed by atoms with van der Waals surface area (Å²) in [5, 5.41) is 9.20. The number of carboxylic acids is 1. The van der Waals surface area contributed by atoms with E-state index in [4.69, 9.17) is 0 Å². The van der Waals surface area contributed by atoms with Gasteiger partial charge in [0.15, 0.2) is 0 Å². The number of aliphatic carboxylic acids is 1. The van der Waals surface area contributed by atoms with Gasteiger partial charge in [-0.1, -0.05) is 32.8 Å². The number of allylic oxidation sites excluding steroid dienone is 1. The summed E-state index contributed by atoms with van der Waals surface area (Å²) in [4.78, 5) is 11.2. The third kappa shape index (κ3) is 2.59. The van der Waals surface area contributed by atoms with Gasteiger partial charge in [0, 0.05) is 5.57 Å². The molecule has 0 aromatic rings. The lowest BCUT2D eigenvalue weighted by Crippen LogP contribution is -2.43. The van der Waals surface area contributed by atoms with Crippen LogP contribution in [0.3, 0.4) is 0 Å². The minimum Gasteiger partial charge on any atom is -0.478 e. The first-order valence-electron chi connectivity index (χ1n) is 7.79. The number of fused-ring (bicyclic) bond motifs is 1. The van der Waals surface area contributed by atoms with Gasteiger partial charge in [-0.3, -0.25) is 0 Å². The van der Waals surface area contributed by atoms with Crippen LogP contribution in [0.5, 0.6) is 0 Å². The largest absolute Gasteiger partial charge is 0.478 e. The first kappa shape index (κ1) is 14.6. The summed E-state index contributed by atoms with van der Waals surface area (Å²) in [7, 11) is 0. The van der Waals surface area contributed by atoms with E-state index < -0.39 is 5.97 Å². The zero-order valence-electron chi connectivity index (χ0n) is 12.8. The first-order valence-corrected chi connectivity index (χ1v) is 7.79. The van der Waals surface area contributed by atoms with Crippen molar-refractivity contribution in [3.63, 3.8) is 0 Å². The fourth-order valence-electron chi connectivity index (χ4n) is 4.62. The van der Waals surface area contributed by atoms with Crippen LogP contribution >= 0.6 is 0 Å². The van der Waals surface area contributed by atoms with E-state index in [2.05, 4.69) is 20.8 Å². The molecule has 0 aromatic heterocycles. The fraction of sp³-hybridized carbons (Fsp3) is 0.824. The number of hydrogen-bond acceptors (Lipinski definition) is 1. The van der Waals surface area contributed by atoms with Crippen molar-refractivity contribution in [2.45, 2.75) is 66.2 Å². The molecule has 0 amide bonds. The number of carboxylic acid groups (broad SMARTS) is 1. The van der Waals surface area contributed by atoms with Crippen molar-refractivity contribution in [1.82, 2.24) is 0 Å². The molecule has 3 atom stereocenters. The second-order valence-electron chi connectivity index (χ2n) is 7.15. The maximum Gasteiger partial charge on any atom is 0.331 e. The molecule has 2 heteroatoms. The Bertz CT molecular complexity index is 392. The van der Waals surface area contributed by atoms with Gasteiger partial charge in [-0.05, 0) is 62.2 Å². The molecule has 0 aromatic carbocycles. The quantitative estimate of drug-likeness (QED) is 0.737. The highest BCUT2D eigenvalue weighted by atomic mass is 16.4. The molecule has 3 unspecified atom stereocenters. The molecule has 2 rings (SSSR count). The van der Waals surface area contributed by atoms with Crippen molar-refractivity contribution in [3.8, 4) is 0 Å². The molecule has 0 saturated heterocycles. The summed E-state index contributed by atoms with van der Waals surface area (Å²) in [5.74, 6) is 1.58. The molecule has 0 spiro atoms. The monoisotopic (exact) mass is 264 g/mol. The Balaban J connectivity index is 2.24. The van der Waals surface area contributed by atoms with Crippen molar-refractivity contribution in [2.75, 3.05) is 0 Å². The molecule has 1 N–H and O–H groups in total. The van der Waals surface area contributed by atoms with Crippen molar-refractivity contribution >= 4 is 5.97 Å². The van der Waals surface area contributed by atoms with Crippen LogP contribution in [0.25, 0.3) is 0 Å². The van der Waals surface area contributed by atoms with E-state index in [1.807, 2.05) is 0 Å². The molecule has 0 radical (unpaired) electrons. The van der Waals surface area contributed by atoms with Crippen LogP contribution in [0.1, 0.15) is 66.2 Å². The van der Waals surface area contributed by atoms with Crippen molar-refractivity contribution in [1.29, 1.82) is 0 Å². The summed E-state index contributed by atoms with van der Waals surface area (Å²) in [5.41, 5.74) is 2.17. The van der Waals surface area contributed by atoms with Crippen LogP contribution in [0.4, 0.5) is 0 Å². The smallest absolute Gasteiger partial charge is 0.331 e. The SMILES string of the molecule is CCC1CCC2CCC(=C(C)C(=O)O)CC2C1(C)C. The Hall–Kier alpha value is -0.790. The normalized spacial score (nSPS) is 36.5. The molecule has 2 nitrogen and oxygen atoms in total. The Morgan fingerprint density at radius 1 is 1.32 bits per heavy atom. The molecule has 2 saturated carbocycles. The van der Waals surface area contributed by atoms with Crippen LogP contribution in [0, 0.1) is 23.2 Å². The van der Waals surface area contributed by atoms with Gasteiger partial charge in [-0.2, -0.15) is 0 Å². The van der Waals surface area contributed by atoms with E-state index in [-0.39, 0.29) is 0 Å². The van der Waals surface area contributed by atoms with E-state index in [9.17, 15) is 9.90 Å². The van der Waals surface area contributed by atoms with Crippen molar-refractivity contribution in [3.05, 3.63) is 11.1 Å². The number of hydrogen-bond donors (Lipinski definition) is 1. The third-order valence-corrected chi connectivity index (χ3v) is 6.09.